The summed E-state index contributed by atoms with van der Waals surface area (Å²) in [5, 5.41) is 12.6. The lowest BCUT2D eigenvalue weighted by Crippen LogP contribution is -2.48. The van der Waals surface area contributed by atoms with E-state index >= 15 is 0 Å². The highest BCUT2D eigenvalue weighted by molar-refractivity contribution is 8.01. The first kappa shape index (κ1) is 16.7. The van der Waals surface area contributed by atoms with E-state index in [2.05, 4.69) is 29.4 Å². The van der Waals surface area contributed by atoms with Gasteiger partial charge in [-0.25, -0.2) is 0 Å². The predicted molar refractivity (Wildman–Crippen MR) is 92.6 cm³/mol. The summed E-state index contributed by atoms with van der Waals surface area (Å²) in [5.74, 6) is 0.965. The highest BCUT2D eigenvalue weighted by Crippen LogP contribution is 2.47. The Hall–Kier alpha value is -1.15. The Bertz CT molecular complexity index is 616. The van der Waals surface area contributed by atoms with Crippen LogP contribution in [0.3, 0.4) is 0 Å². The van der Waals surface area contributed by atoms with Gasteiger partial charge in [0, 0.05) is 18.1 Å². The average Bonchev–Trinajstić information content (AvgIpc) is 3.18. The minimum atomic E-state index is -0.402. The van der Waals surface area contributed by atoms with Crippen LogP contribution >= 0.6 is 23.1 Å². The van der Waals surface area contributed by atoms with Gasteiger partial charge >= 0.3 is 0 Å². The number of nitrogens with zero attached hydrogens (tertiary/aromatic N) is 3. The van der Waals surface area contributed by atoms with E-state index in [0.29, 0.717) is 23.2 Å². The van der Waals surface area contributed by atoms with Gasteiger partial charge in [-0.2, -0.15) is 0 Å². The molecule has 3 rings (SSSR count). The standard InChI is InChI=1S/C15H22N4O2S2/c1-4-9(5-2)13-17-18-14(23-13)16-12(21)10-8-22-15(3)7-6-11(20)19(10)15/h9-10H,4-8H2,1-3H3,(H,16,18,21)/t10-,15+/m0/s1. The van der Waals surface area contributed by atoms with Crippen molar-refractivity contribution in [3.05, 3.63) is 5.01 Å². The molecule has 2 atom stereocenters. The third kappa shape index (κ3) is 2.98. The molecule has 1 aromatic heterocycles. The van der Waals surface area contributed by atoms with Crippen LogP contribution in [0.5, 0.6) is 0 Å². The maximum Gasteiger partial charge on any atom is 0.249 e. The molecule has 23 heavy (non-hydrogen) atoms. The summed E-state index contributed by atoms with van der Waals surface area (Å²) < 4.78 is 0. The van der Waals surface area contributed by atoms with Gasteiger partial charge in [0.1, 0.15) is 11.0 Å². The number of hydrogen-bond acceptors (Lipinski definition) is 6. The van der Waals surface area contributed by atoms with Gasteiger partial charge in [0.25, 0.3) is 0 Å². The molecule has 1 N–H and O–H groups in total. The minimum Gasteiger partial charge on any atom is -0.315 e. The van der Waals surface area contributed by atoms with Crippen molar-refractivity contribution in [1.29, 1.82) is 0 Å². The molecule has 3 heterocycles. The second-order valence-electron chi connectivity index (χ2n) is 6.21. The van der Waals surface area contributed by atoms with E-state index in [4.69, 9.17) is 0 Å². The van der Waals surface area contributed by atoms with Gasteiger partial charge in [0.2, 0.25) is 16.9 Å². The first-order valence-electron chi connectivity index (χ1n) is 8.09. The van der Waals surface area contributed by atoms with Crippen molar-refractivity contribution in [2.45, 2.75) is 63.3 Å². The van der Waals surface area contributed by atoms with Crippen molar-refractivity contribution < 1.29 is 9.59 Å². The number of rotatable bonds is 5. The number of amides is 2. The number of carbonyl (C=O) groups is 2. The quantitative estimate of drug-likeness (QED) is 0.880. The highest BCUT2D eigenvalue weighted by Gasteiger charge is 2.52. The molecule has 0 unspecified atom stereocenters. The van der Waals surface area contributed by atoms with E-state index in [0.717, 1.165) is 24.3 Å². The summed E-state index contributed by atoms with van der Waals surface area (Å²) in [5.41, 5.74) is 0. The third-order valence-corrected chi connectivity index (χ3v) is 7.26. The molecule has 126 valence electrons. The second kappa shape index (κ2) is 6.39. The SMILES string of the molecule is CCC(CC)c1nnc(NC(=O)[C@@H]2CS[C@]3(C)CCC(=O)N23)s1. The van der Waals surface area contributed by atoms with Crippen LogP contribution in [-0.4, -0.2) is 43.6 Å². The van der Waals surface area contributed by atoms with E-state index in [1.807, 2.05) is 6.92 Å². The number of anilines is 1. The summed E-state index contributed by atoms with van der Waals surface area (Å²) in [7, 11) is 0. The molecule has 0 aliphatic carbocycles. The summed E-state index contributed by atoms with van der Waals surface area (Å²) in [6.45, 7) is 6.30. The molecule has 2 amide bonds. The molecule has 0 radical (unpaired) electrons. The van der Waals surface area contributed by atoms with Crippen LogP contribution in [0.4, 0.5) is 5.13 Å². The van der Waals surface area contributed by atoms with Crippen LogP contribution in [0.25, 0.3) is 0 Å². The van der Waals surface area contributed by atoms with Crippen molar-refractivity contribution in [3.63, 3.8) is 0 Å². The van der Waals surface area contributed by atoms with Crippen LogP contribution in [-0.2, 0) is 9.59 Å². The van der Waals surface area contributed by atoms with E-state index < -0.39 is 6.04 Å². The second-order valence-corrected chi connectivity index (χ2v) is 8.72. The molecule has 2 fully saturated rings. The highest BCUT2D eigenvalue weighted by atomic mass is 32.2. The molecule has 1 aromatic rings. The smallest absolute Gasteiger partial charge is 0.249 e. The number of fused-ring (bicyclic) bond motifs is 1. The van der Waals surface area contributed by atoms with Gasteiger partial charge in [-0.1, -0.05) is 25.2 Å². The fraction of sp³-hybridized carbons (Fsp3) is 0.733. The van der Waals surface area contributed by atoms with Gasteiger partial charge in [0.15, 0.2) is 0 Å². The van der Waals surface area contributed by atoms with Crippen LogP contribution < -0.4 is 5.32 Å². The lowest BCUT2D eigenvalue weighted by molar-refractivity contribution is -0.135. The summed E-state index contributed by atoms with van der Waals surface area (Å²) in [6, 6.07) is -0.402. The molecule has 0 saturated carbocycles. The normalized spacial score (nSPS) is 26.9. The van der Waals surface area contributed by atoms with Crippen LogP contribution in [0.2, 0.25) is 0 Å². The summed E-state index contributed by atoms with van der Waals surface area (Å²) in [6.07, 6.45) is 3.38. The number of nitrogens with one attached hydrogen (secondary N) is 1. The predicted octanol–water partition coefficient (Wildman–Crippen LogP) is 2.83. The number of thioether (sulfide) groups is 1. The monoisotopic (exact) mass is 354 g/mol. The largest absolute Gasteiger partial charge is 0.315 e. The zero-order valence-electron chi connectivity index (χ0n) is 13.7. The topological polar surface area (TPSA) is 75.2 Å². The first-order chi connectivity index (χ1) is 11.0. The number of aromatic nitrogens is 2. The molecule has 0 bridgehead atoms. The van der Waals surface area contributed by atoms with Crippen LogP contribution in [0.1, 0.15) is 57.4 Å². The van der Waals surface area contributed by atoms with Crippen molar-refractivity contribution in [2.75, 3.05) is 11.1 Å². The van der Waals surface area contributed by atoms with Crippen molar-refractivity contribution >= 4 is 40.0 Å². The Morgan fingerprint density at radius 2 is 2.17 bits per heavy atom. The molecule has 2 saturated heterocycles. The van der Waals surface area contributed by atoms with Gasteiger partial charge in [-0.3, -0.25) is 14.9 Å². The maximum absolute atomic E-state index is 12.6. The maximum atomic E-state index is 12.6. The molecule has 2 aliphatic rings. The van der Waals surface area contributed by atoms with E-state index in [1.54, 1.807) is 16.7 Å². The summed E-state index contributed by atoms with van der Waals surface area (Å²) >= 11 is 3.13. The number of carbonyl (C=O) groups excluding carboxylic acids is 2. The van der Waals surface area contributed by atoms with Gasteiger partial charge in [0.05, 0.1) is 4.87 Å². The van der Waals surface area contributed by atoms with E-state index in [9.17, 15) is 9.59 Å². The minimum absolute atomic E-state index is 0.0765. The lowest BCUT2D eigenvalue weighted by Gasteiger charge is -2.29. The molecular formula is C15H22N4O2S2. The fourth-order valence-corrected chi connectivity index (χ4v) is 5.74. The van der Waals surface area contributed by atoms with Crippen molar-refractivity contribution in [2.24, 2.45) is 0 Å². The molecule has 6 nitrogen and oxygen atoms in total. The zero-order valence-corrected chi connectivity index (χ0v) is 15.3. The Morgan fingerprint density at radius 3 is 2.87 bits per heavy atom. The van der Waals surface area contributed by atoms with Crippen LogP contribution in [0, 0.1) is 0 Å². The van der Waals surface area contributed by atoms with Gasteiger partial charge in [-0.15, -0.1) is 22.0 Å². The Balaban J connectivity index is 1.69. The van der Waals surface area contributed by atoms with Crippen LogP contribution in [0.15, 0.2) is 0 Å². The fourth-order valence-electron chi connectivity index (χ4n) is 3.29. The molecule has 8 heteroatoms. The van der Waals surface area contributed by atoms with E-state index in [-0.39, 0.29) is 16.7 Å². The third-order valence-electron chi connectivity index (χ3n) is 4.75. The summed E-state index contributed by atoms with van der Waals surface area (Å²) in [4.78, 5) is 26.2. The molecule has 0 aromatic carbocycles. The lowest BCUT2D eigenvalue weighted by atomic mass is 10.1. The molecule has 0 spiro atoms. The average molecular weight is 355 g/mol. The van der Waals surface area contributed by atoms with Gasteiger partial charge in [-0.05, 0) is 26.2 Å². The molecular weight excluding hydrogens is 332 g/mol. The van der Waals surface area contributed by atoms with Crippen molar-refractivity contribution in [1.82, 2.24) is 15.1 Å². The Kier molecular flexibility index (Phi) is 4.64. The Morgan fingerprint density at radius 1 is 1.43 bits per heavy atom. The first-order valence-corrected chi connectivity index (χ1v) is 9.89. The zero-order chi connectivity index (χ0) is 16.6. The molecule has 2 aliphatic heterocycles. The number of hydrogen-bond donors (Lipinski definition) is 1. The van der Waals surface area contributed by atoms with Gasteiger partial charge < -0.3 is 4.90 Å². The Labute approximate surface area is 144 Å². The van der Waals surface area contributed by atoms with Crippen molar-refractivity contribution in [3.8, 4) is 0 Å². The van der Waals surface area contributed by atoms with E-state index in [1.165, 1.54) is 11.3 Å².